The van der Waals surface area contributed by atoms with Gasteiger partial charge in [0, 0.05) is 17.7 Å². The van der Waals surface area contributed by atoms with E-state index in [1.807, 2.05) is 0 Å². The van der Waals surface area contributed by atoms with Crippen LogP contribution < -0.4 is 5.73 Å². The molecule has 0 fully saturated rings. The van der Waals surface area contributed by atoms with E-state index in [1.165, 1.54) is 0 Å². The molecular formula is C10H8N2O. The minimum atomic E-state index is 0.0598. The monoisotopic (exact) mass is 172 g/mol. The number of nitrogens with two attached hydrogens (primary N) is 1. The van der Waals surface area contributed by atoms with E-state index in [1.54, 1.807) is 12.1 Å². The van der Waals surface area contributed by atoms with E-state index < -0.39 is 0 Å². The highest BCUT2D eigenvalue weighted by Crippen LogP contribution is 2.29. The Hall–Kier alpha value is -1.82. The van der Waals surface area contributed by atoms with Gasteiger partial charge in [-0.05, 0) is 24.1 Å². The smallest absolute Gasteiger partial charge is 0.165 e. The molecule has 0 aliphatic heterocycles. The van der Waals surface area contributed by atoms with Gasteiger partial charge < -0.3 is 5.73 Å². The molecule has 0 amide bonds. The van der Waals surface area contributed by atoms with Gasteiger partial charge in [0.05, 0.1) is 11.6 Å². The molecule has 1 aromatic carbocycles. The number of nitriles is 1. The standard InChI is InChI=1S/C10H8N2O/c11-5-6-1-3-8(12)10-7(6)2-4-9(10)13/h1,3H,2,4,12H2. The van der Waals surface area contributed by atoms with E-state index in [9.17, 15) is 4.79 Å². The van der Waals surface area contributed by atoms with Crippen LogP contribution in [-0.4, -0.2) is 5.78 Å². The van der Waals surface area contributed by atoms with Gasteiger partial charge in [-0.1, -0.05) is 0 Å². The molecule has 0 aromatic heterocycles. The molecule has 0 saturated heterocycles. The first-order valence-corrected chi connectivity index (χ1v) is 4.08. The Morgan fingerprint density at radius 3 is 2.85 bits per heavy atom. The summed E-state index contributed by atoms with van der Waals surface area (Å²) in [6, 6.07) is 5.37. The molecule has 0 saturated carbocycles. The SMILES string of the molecule is N#Cc1ccc(N)c2c1CCC2=O. The van der Waals surface area contributed by atoms with Crippen LogP contribution in [0.15, 0.2) is 12.1 Å². The molecule has 0 atom stereocenters. The lowest BCUT2D eigenvalue weighted by Gasteiger charge is -2.02. The summed E-state index contributed by atoms with van der Waals surface area (Å²) in [6.07, 6.45) is 1.14. The molecule has 2 rings (SSSR count). The van der Waals surface area contributed by atoms with E-state index in [0.717, 1.165) is 5.56 Å². The average Bonchev–Trinajstić information content (AvgIpc) is 2.50. The molecule has 1 aliphatic carbocycles. The van der Waals surface area contributed by atoms with E-state index in [4.69, 9.17) is 11.0 Å². The number of fused-ring (bicyclic) bond motifs is 1. The Morgan fingerprint density at radius 2 is 2.15 bits per heavy atom. The maximum Gasteiger partial charge on any atom is 0.165 e. The Labute approximate surface area is 75.8 Å². The number of ketones is 1. The number of hydrogen-bond donors (Lipinski definition) is 1. The predicted octanol–water partition coefficient (Wildman–Crippen LogP) is 1.27. The fourth-order valence-electron chi connectivity index (χ4n) is 1.72. The summed E-state index contributed by atoms with van der Waals surface area (Å²) in [4.78, 5) is 11.4. The quantitative estimate of drug-likeness (QED) is 0.599. The summed E-state index contributed by atoms with van der Waals surface area (Å²) in [5.74, 6) is 0.0598. The summed E-state index contributed by atoms with van der Waals surface area (Å²) in [6.45, 7) is 0. The fraction of sp³-hybridized carbons (Fsp3) is 0.200. The maximum absolute atomic E-state index is 11.4. The van der Waals surface area contributed by atoms with Crippen LogP contribution in [0, 0.1) is 11.3 Å². The maximum atomic E-state index is 11.4. The van der Waals surface area contributed by atoms with E-state index in [0.29, 0.717) is 29.7 Å². The molecule has 0 radical (unpaired) electrons. The number of nitrogens with zero attached hydrogens (tertiary/aromatic N) is 1. The number of anilines is 1. The summed E-state index contributed by atoms with van der Waals surface area (Å²) in [7, 11) is 0. The minimum Gasteiger partial charge on any atom is -0.398 e. The number of benzene rings is 1. The minimum absolute atomic E-state index is 0.0598. The van der Waals surface area contributed by atoms with Gasteiger partial charge in [0.15, 0.2) is 5.78 Å². The first kappa shape index (κ1) is 7.81. The van der Waals surface area contributed by atoms with Crippen LogP contribution in [0.3, 0.4) is 0 Å². The van der Waals surface area contributed by atoms with Crippen LogP contribution in [0.25, 0.3) is 0 Å². The van der Waals surface area contributed by atoms with Crippen molar-refractivity contribution in [3.05, 3.63) is 28.8 Å². The van der Waals surface area contributed by atoms with Crippen molar-refractivity contribution in [2.24, 2.45) is 0 Å². The number of Topliss-reactive ketones (excluding diaryl/α,β-unsaturated/α-hetero) is 1. The van der Waals surface area contributed by atoms with Crippen LogP contribution in [0.1, 0.15) is 27.9 Å². The third-order valence-electron chi connectivity index (χ3n) is 2.35. The molecule has 3 heteroatoms. The van der Waals surface area contributed by atoms with Crippen molar-refractivity contribution in [3.63, 3.8) is 0 Å². The number of carbonyl (C=O) groups is 1. The van der Waals surface area contributed by atoms with Crippen LogP contribution in [-0.2, 0) is 6.42 Å². The van der Waals surface area contributed by atoms with E-state index in [-0.39, 0.29) is 5.78 Å². The van der Waals surface area contributed by atoms with Crippen LogP contribution in [0.4, 0.5) is 5.69 Å². The first-order chi connectivity index (χ1) is 6.24. The van der Waals surface area contributed by atoms with Crippen LogP contribution in [0.2, 0.25) is 0 Å². The zero-order chi connectivity index (χ0) is 9.42. The first-order valence-electron chi connectivity index (χ1n) is 4.08. The number of hydrogen-bond acceptors (Lipinski definition) is 3. The van der Waals surface area contributed by atoms with Gasteiger partial charge in [-0.15, -0.1) is 0 Å². The molecule has 1 aliphatic rings. The summed E-state index contributed by atoms with van der Waals surface area (Å²) in [5.41, 5.74) is 8.13. The topological polar surface area (TPSA) is 66.9 Å². The van der Waals surface area contributed by atoms with Gasteiger partial charge in [-0.25, -0.2) is 0 Å². The highest BCUT2D eigenvalue weighted by molar-refractivity contribution is 6.05. The summed E-state index contributed by atoms with van der Waals surface area (Å²) >= 11 is 0. The van der Waals surface area contributed by atoms with Gasteiger partial charge >= 0.3 is 0 Å². The van der Waals surface area contributed by atoms with Crippen molar-refractivity contribution < 1.29 is 4.79 Å². The lowest BCUT2D eigenvalue weighted by atomic mass is 10.0. The van der Waals surface area contributed by atoms with Crippen molar-refractivity contribution in [2.75, 3.05) is 5.73 Å². The van der Waals surface area contributed by atoms with Crippen molar-refractivity contribution in [1.82, 2.24) is 0 Å². The third kappa shape index (κ3) is 0.994. The molecule has 3 nitrogen and oxygen atoms in total. The number of rotatable bonds is 0. The second-order valence-electron chi connectivity index (χ2n) is 3.09. The largest absolute Gasteiger partial charge is 0.398 e. The second kappa shape index (κ2) is 2.60. The number of nitrogen functional groups attached to an aromatic ring is 1. The Morgan fingerprint density at radius 1 is 1.38 bits per heavy atom. The molecule has 0 spiro atoms. The molecule has 1 aromatic rings. The highest BCUT2D eigenvalue weighted by Gasteiger charge is 2.24. The highest BCUT2D eigenvalue weighted by atomic mass is 16.1. The fourth-order valence-corrected chi connectivity index (χ4v) is 1.72. The molecule has 2 N–H and O–H groups in total. The Bertz CT molecular complexity index is 429. The zero-order valence-corrected chi connectivity index (χ0v) is 7.00. The van der Waals surface area contributed by atoms with Gasteiger partial charge in [-0.2, -0.15) is 5.26 Å². The van der Waals surface area contributed by atoms with Crippen molar-refractivity contribution in [1.29, 1.82) is 5.26 Å². The lowest BCUT2D eigenvalue weighted by molar-refractivity contribution is 0.0995. The summed E-state index contributed by atoms with van der Waals surface area (Å²) in [5, 5.41) is 8.78. The average molecular weight is 172 g/mol. The molecule has 0 unspecified atom stereocenters. The summed E-state index contributed by atoms with van der Waals surface area (Å²) < 4.78 is 0. The van der Waals surface area contributed by atoms with Crippen LogP contribution in [0.5, 0.6) is 0 Å². The van der Waals surface area contributed by atoms with E-state index >= 15 is 0 Å². The van der Waals surface area contributed by atoms with Crippen molar-refractivity contribution in [2.45, 2.75) is 12.8 Å². The Balaban J connectivity index is 2.74. The van der Waals surface area contributed by atoms with Gasteiger partial charge in [0.25, 0.3) is 0 Å². The Kier molecular flexibility index (Phi) is 1.56. The van der Waals surface area contributed by atoms with E-state index in [2.05, 4.69) is 6.07 Å². The third-order valence-corrected chi connectivity index (χ3v) is 2.35. The second-order valence-corrected chi connectivity index (χ2v) is 3.09. The molecular weight excluding hydrogens is 164 g/mol. The normalized spacial score (nSPS) is 13.9. The molecule has 0 heterocycles. The van der Waals surface area contributed by atoms with Gasteiger partial charge in [-0.3, -0.25) is 4.79 Å². The molecule has 64 valence electrons. The predicted molar refractivity (Wildman–Crippen MR) is 48.2 cm³/mol. The molecule has 13 heavy (non-hydrogen) atoms. The zero-order valence-electron chi connectivity index (χ0n) is 7.00. The molecule has 0 bridgehead atoms. The van der Waals surface area contributed by atoms with Crippen molar-refractivity contribution >= 4 is 11.5 Å². The van der Waals surface area contributed by atoms with Crippen LogP contribution >= 0.6 is 0 Å². The van der Waals surface area contributed by atoms with Gasteiger partial charge in [0.2, 0.25) is 0 Å². The number of carbonyl (C=O) groups excluding carboxylic acids is 1. The lowest BCUT2D eigenvalue weighted by Crippen LogP contribution is -2.00. The van der Waals surface area contributed by atoms with Gasteiger partial charge in [0.1, 0.15) is 0 Å². The van der Waals surface area contributed by atoms with Crippen molar-refractivity contribution in [3.8, 4) is 6.07 Å².